The molecule has 1 N–H and O–H groups in total. The molecule has 1 unspecified atom stereocenters. The van der Waals surface area contributed by atoms with E-state index in [1.165, 1.54) is 44.1 Å². The van der Waals surface area contributed by atoms with Gasteiger partial charge in [-0.25, -0.2) is 0 Å². The van der Waals surface area contributed by atoms with Gasteiger partial charge in [0.25, 0.3) is 0 Å². The Morgan fingerprint density at radius 1 is 1.04 bits per heavy atom. The first-order valence-corrected chi connectivity index (χ1v) is 11.8. The van der Waals surface area contributed by atoms with Crippen molar-refractivity contribution in [2.75, 3.05) is 5.33 Å². The summed E-state index contributed by atoms with van der Waals surface area (Å²) in [5.41, 5.74) is 1.54. The number of hydrogen-bond acceptors (Lipinski definition) is 1. The van der Waals surface area contributed by atoms with E-state index in [9.17, 15) is 5.11 Å². The molecular weight excluding hydrogens is 372 g/mol. The number of allylic oxidation sites excluding steroid dienone is 1. The Bertz CT molecular complexity index is 540. The maximum Gasteiger partial charge on any atom is 0.0622 e. The lowest BCUT2D eigenvalue weighted by Crippen LogP contribution is -2.52. The average molecular weight is 409 g/mol. The second kappa shape index (κ2) is 6.36. The first-order chi connectivity index (χ1) is 11.8. The number of alkyl halides is 1. The normalized spacial score (nSPS) is 55.2. The first-order valence-electron chi connectivity index (χ1n) is 10.7. The van der Waals surface area contributed by atoms with E-state index in [4.69, 9.17) is 0 Å². The minimum absolute atomic E-state index is 0.405. The lowest BCUT2D eigenvalue weighted by atomic mass is 9.47. The molecule has 0 radical (unpaired) electrons. The number of rotatable bonds is 2. The van der Waals surface area contributed by atoms with Crippen LogP contribution in [0.4, 0.5) is 0 Å². The van der Waals surface area contributed by atoms with Crippen molar-refractivity contribution in [2.45, 2.75) is 77.7 Å². The van der Waals surface area contributed by atoms with Gasteiger partial charge in [-0.2, -0.15) is 0 Å². The summed E-state index contributed by atoms with van der Waals surface area (Å²) in [7, 11) is 0. The molecule has 4 rings (SSSR count). The van der Waals surface area contributed by atoms with Crippen LogP contribution in [0.1, 0.15) is 72.1 Å². The maximum absolute atomic E-state index is 10.6. The van der Waals surface area contributed by atoms with Gasteiger partial charge in [0.15, 0.2) is 0 Å². The molecule has 0 aliphatic heterocycles. The Labute approximate surface area is 163 Å². The molecule has 0 heterocycles. The SMILES string of the molecule is C=C(CBr)[C@H]1CC[C@H]2[C@@H]3CC(C)[C@@H]4C[C@@](C)(O)CC[C@@H]4[C@H]3CC[C@]12C. The van der Waals surface area contributed by atoms with E-state index < -0.39 is 5.60 Å². The second-order valence-corrected chi connectivity index (χ2v) is 11.2. The van der Waals surface area contributed by atoms with Gasteiger partial charge in [0, 0.05) is 5.33 Å². The van der Waals surface area contributed by atoms with Gasteiger partial charge in [-0.15, -0.1) is 0 Å². The standard InChI is InChI=1S/C23H37BrO/c1-14-11-18-16(17-7-9-22(3,25)12-19(14)17)8-10-23(4)20(15(2)13-24)5-6-21(18)23/h14,16-21,25H,2,5-13H2,1,3-4H3/t14?,16-,17-,18-,19+,20-,21+,22+,23-/m1/s1. The van der Waals surface area contributed by atoms with E-state index in [1.54, 1.807) is 0 Å². The molecule has 4 saturated carbocycles. The monoisotopic (exact) mass is 408 g/mol. The summed E-state index contributed by atoms with van der Waals surface area (Å²) in [5.74, 6) is 5.97. The zero-order chi connectivity index (χ0) is 18.0. The number of hydrogen-bond donors (Lipinski definition) is 1. The van der Waals surface area contributed by atoms with E-state index in [-0.39, 0.29) is 0 Å². The van der Waals surface area contributed by atoms with Crippen LogP contribution >= 0.6 is 15.9 Å². The summed E-state index contributed by atoms with van der Waals surface area (Å²) < 4.78 is 0. The lowest BCUT2D eigenvalue weighted by Gasteiger charge is -2.59. The van der Waals surface area contributed by atoms with E-state index in [2.05, 4.69) is 43.3 Å². The van der Waals surface area contributed by atoms with Crippen molar-refractivity contribution in [2.24, 2.45) is 46.8 Å². The number of aliphatic hydroxyl groups is 1. The van der Waals surface area contributed by atoms with Crippen molar-refractivity contribution in [3.05, 3.63) is 12.2 Å². The smallest absolute Gasteiger partial charge is 0.0622 e. The molecular formula is C23H37BrO. The third-order valence-corrected chi connectivity index (χ3v) is 10.0. The van der Waals surface area contributed by atoms with Gasteiger partial charge in [-0.05, 0) is 105 Å². The van der Waals surface area contributed by atoms with Crippen molar-refractivity contribution in [3.8, 4) is 0 Å². The fourth-order valence-electron chi connectivity index (χ4n) is 8.16. The van der Waals surface area contributed by atoms with Gasteiger partial charge < -0.3 is 5.11 Å². The first kappa shape index (κ1) is 18.5. The zero-order valence-electron chi connectivity index (χ0n) is 16.4. The fourth-order valence-corrected chi connectivity index (χ4v) is 8.55. The minimum atomic E-state index is -0.405. The second-order valence-electron chi connectivity index (χ2n) is 10.7. The summed E-state index contributed by atoms with van der Waals surface area (Å²) in [4.78, 5) is 0. The molecule has 0 aromatic carbocycles. The molecule has 0 amide bonds. The van der Waals surface area contributed by atoms with E-state index in [1.807, 2.05) is 0 Å². The van der Waals surface area contributed by atoms with Gasteiger partial charge in [-0.3, -0.25) is 0 Å². The molecule has 2 heteroatoms. The Balaban J connectivity index is 1.58. The quantitative estimate of drug-likeness (QED) is 0.425. The summed E-state index contributed by atoms with van der Waals surface area (Å²) in [6.07, 6.45) is 10.4. The third kappa shape index (κ3) is 2.89. The summed E-state index contributed by atoms with van der Waals surface area (Å²) in [6, 6.07) is 0. The molecule has 0 spiro atoms. The van der Waals surface area contributed by atoms with Gasteiger partial charge in [-0.1, -0.05) is 41.9 Å². The lowest BCUT2D eigenvalue weighted by molar-refractivity contribution is -0.117. The molecule has 1 nitrogen and oxygen atoms in total. The predicted octanol–water partition coefficient (Wildman–Crippen LogP) is 6.20. The fraction of sp³-hybridized carbons (Fsp3) is 0.913. The summed E-state index contributed by atoms with van der Waals surface area (Å²) in [5, 5.41) is 11.6. The molecule has 0 aromatic heterocycles. The van der Waals surface area contributed by atoms with Gasteiger partial charge >= 0.3 is 0 Å². The Morgan fingerprint density at radius 2 is 1.72 bits per heavy atom. The number of halogens is 1. The summed E-state index contributed by atoms with van der Waals surface area (Å²) in [6.45, 7) is 11.6. The van der Waals surface area contributed by atoms with Crippen LogP contribution in [0, 0.1) is 46.8 Å². The Kier molecular flexibility index (Phi) is 4.72. The topological polar surface area (TPSA) is 20.2 Å². The molecule has 0 aromatic rings. The largest absolute Gasteiger partial charge is 0.390 e. The van der Waals surface area contributed by atoms with E-state index in [0.29, 0.717) is 5.41 Å². The van der Waals surface area contributed by atoms with Crippen molar-refractivity contribution in [1.29, 1.82) is 0 Å². The minimum Gasteiger partial charge on any atom is -0.390 e. The Hall–Kier alpha value is 0.180. The maximum atomic E-state index is 10.6. The van der Waals surface area contributed by atoms with Gasteiger partial charge in [0.05, 0.1) is 5.60 Å². The molecule has 4 fully saturated rings. The van der Waals surface area contributed by atoms with Gasteiger partial charge in [0.2, 0.25) is 0 Å². The van der Waals surface area contributed by atoms with Crippen molar-refractivity contribution >= 4 is 15.9 Å². The van der Waals surface area contributed by atoms with Crippen LogP contribution in [0.5, 0.6) is 0 Å². The zero-order valence-corrected chi connectivity index (χ0v) is 18.0. The highest BCUT2D eigenvalue weighted by Crippen LogP contribution is 2.66. The molecule has 0 saturated heterocycles. The van der Waals surface area contributed by atoms with Crippen LogP contribution < -0.4 is 0 Å². The highest BCUT2D eigenvalue weighted by Gasteiger charge is 2.58. The highest BCUT2D eigenvalue weighted by molar-refractivity contribution is 9.09. The van der Waals surface area contributed by atoms with Crippen LogP contribution in [0.2, 0.25) is 0 Å². The van der Waals surface area contributed by atoms with Crippen LogP contribution in [0.3, 0.4) is 0 Å². The number of fused-ring (bicyclic) bond motifs is 5. The van der Waals surface area contributed by atoms with E-state index >= 15 is 0 Å². The van der Waals surface area contributed by atoms with Gasteiger partial charge in [0.1, 0.15) is 0 Å². The summed E-state index contributed by atoms with van der Waals surface area (Å²) >= 11 is 3.68. The molecule has 142 valence electrons. The van der Waals surface area contributed by atoms with Crippen molar-refractivity contribution in [3.63, 3.8) is 0 Å². The molecule has 0 bridgehead atoms. The van der Waals surface area contributed by atoms with Crippen LogP contribution in [0.25, 0.3) is 0 Å². The molecule has 4 aliphatic carbocycles. The van der Waals surface area contributed by atoms with Crippen LogP contribution in [-0.4, -0.2) is 16.0 Å². The van der Waals surface area contributed by atoms with Crippen molar-refractivity contribution in [1.82, 2.24) is 0 Å². The molecule has 9 atom stereocenters. The van der Waals surface area contributed by atoms with Crippen molar-refractivity contribution < 1.29 is 5.11 Å². The Morgan fingerprint density at radius 3 is 2.44 bits per heavy atom. The van der Waals surface area contributed by atoms with Crippen LogP contribution in [0.15, 0.2) is 12.2 Å². The molecule has 25 heavy (non-hydrogen) atoms. The van der Waals surface area contributed by atoms with Crippen LogP contribution in [-0.2, 0) is 0 Å². The van der Waals surface area contributed by atoms with E-state index in [0.717, 1.165) is 59.6 Å². The highest BCUT2D eigenvalue weighted by atomic mass is 79.9. The average Bonchev–Trinajstić information content (AvgIpc) is 2.91. The molecule has 4 aliphatic rings. The third-order valence-electron chi connectivity index (χ3n) is 9.32. The predicted molar refractivity (Wildman–Crippen MR) is 109 cm³/mol.